The third kappa shape index (κ3) is 3.51. The molecule has 4 rings (SSSR count). The van der Waals surface area contributed by atoms with Gasteiger partial charge in [-0.25, -0.2) is 0 Å². The zero-order valence-electron chi connectivity index (χ0n) is 19.2. The number of phenolic OH excluding ortho intramolecular Hbond substituents is 1. The molecule has 0 radical (unpaired) electrons. The van der Waals surface area contributed by atoms with Crippen molar-refractivity contribution in [3.8, 4) is 17.0 Å². The number of anilines is 2. The minimum Gasteiger partial charge on any atom is -0.507 e. The molecule has 0 spiro atoms. The van der Waals surface area contributed by atoms with Crippen molar-refractivity contribution in [2.75, 3.05) is 23.3 Å². The van der Waals surface area contributed by atoms with E-state index in [9.17, 15) is 5.11 Å². The van der Waals surface area contributed by atoms with Gasteiger partial charge in [0.05, 0.1) is 17.8 Å². The lowest BCUT2D eigenvalue weighted by Gasteiger charge is -2.53. The summed E-state index contributed by atoms with van der Waals surface area (Å²) < 4.78 is 0. The molecule has 6 nitrogen and oxygen atoms in total. The number of para-hydroxylation sites is 1. The summed E-state index contributed by atoms with van der Waals surface area (Å²) in [6, 6.07) is 8.37. The van der Waals surface area contributed by atoms with Gasteiger partial charge in [-0.15, -0.1) is 10.2 Å². The topological polar surface area (TPSA) is 73.3 Å². The van der Waals surface area contributed by atoms with Crippen molar-refractivity contribution in [2.45, 2.75) is 72.0 Å². The average Bonchev–Trinajstić information content (AvgIpc) is 2.65. The van der Waals surface area contributed by atoms with Gasteiger partial charge in [0.25, 0.3) is 0 Å². The Morgan fingerprint density at radius 3 is 2.40 bits per heavy atom. The number of benzene rings is 1. The molecule has 0 aliphatic carbocycles. The fourth-order valence-corrected chi connectivity index (χ4v) is 4.90. The first-order valence-corrected chi connectivity index (χ1v) is 10.9. The Morgan fingerprint density at radius 2 is 1.77 bits per heavy atom. The lowest BCUT2D eigenvalue weighted by atomic mass is 9.77. The predicted octanol–water partition coefficient (Wildman–Crippen LogP) is 4.15. The summed E-state index contributed by atoms with van der Waals surface area (Å²) in [5, 5.41) is 27.3. The number of piperazine rings is 1. The van der Waals surface area contributed by atoms with Gasteiger partial charge in [0.1, 0.15) is 11.4 Å². The number of fused-ring (bicyclic) bond motifs is 3. The lowest BCUT2D eigenvalue weighted by molar-refractivity contribution is 0.255. The highest BCUT2D eigenvalue weighted by Crippen LogP contribution is 2.48. The van der Waals surface area contributed by atoms with Gasteiger partial charge >= 0.3 is 0 Å². The van der Waals surface area contributed by atoms with Crippen LogP contribution in [0.1, 0.15) is 54.0 Å². The normalized spacial score (nSPS) is 24.1. The second kappa shape index (κ2) is 7.12. The first-order chi connectivity index (χ1) is 14.0. The molecule has 2 aliphatic rings. The fraction of sp³-hybridized carbons (Fsp3) is 0.583. The Hall–Kier alpha value is -2.34. The van der Waals surface area contributed by atoms with E-state index in [0.717, 1.165) is 41.4 Å². The number of hydrogen-bond donors (Lipinski definition) is 3. The van der Waals surface area contributed by atoms with E-state index in [1.165, 1.54) is 0 Å². The molecule has 3 atom stereocenters. The third-order valence-electron chi connectivity index (χ3n) is 6.30. The van der Waals surface area contributed by atoms with Gasteiger partial charge in [0, 0.05) is 30.3 Å². The highest BCUT2D eigenvalue weighted by atomic mass is 16.3. The van der Waals surface area contributed by atoms with E-state index < -0.39 is 0 Å². The summed E-state index contributed by atoms with van der Waals surface area (Å²) in [6.07, 6.45) is 0. The fourth-order valence-electron chi connectivity index (χ4n) is 4.90. The minimum absolute atomic E-state index is 0.0722. The number of nitrogens with one attached hydrogen (secondary N) is 2. The summed E-state index contributed by atoms with van der Waals surface area (Å²) in [5.74, 6) is 1.09. The number of rotatable bonds is 1. The van der Waals surface area contributed by atoms with Crippen LogP contribution in [-0.4, -0.2) is 46.5 Å². The molecule has 0 amide bonds. The van der Waals surface area contributed by atoms with Gasteiger partial charge < -0.3 is 20.6 Å². The monoisotopic (exact) mass is 409 g/mol. The second-order valence-electron chi connectivity index (χ2n) is 10.9. The van der Waals surface area contributed by atoms with Crippen molar-refractivity contribution >= 4 is 11.5 Å². The maximum Gasteiger partial charge on any atom is 0.172 e. The maximum absolute atomic E-state index is 10.6. The van der Waals surface area contributed by atoms with Crippen LogP contribution in [0.25, 0.3) is 11.3 Å². The maximum atomic E-state index is 10.6. The molecule has 162 valence electrons. The minimum atomic E-state index is -0.174. The molecule has 1 aromatic heterocycles. The van der Waals surface area contributed by atoms with Gasteiger partial charge in [0.2, 0.25) is 0 Å². The van der Waals surface area contributed by atoms with Crippen LogP contribution in [0.4, 0.5) is 11.5 Å². The Kier molecular flexibility index (Phi) is 4.96. The van der Waals surface area contributed by atoms with E-state index in [1.807, 2.05) is 18.2 Å². The van der Waals surface area contributed by atoms with Crippen molar-refractivity contribution in [1.29, 1.82) is 0 Å². The van der Waals surface area contributed by atoms with Crippen LogP contribution in [0, 0.1) is 5.41 Å². The zero-order valence-corrected chi connectivity index (χ0v) is 19.2. The lowest BCUT2D eigenvalue weighted by Crippen LogP contribution is -2.66. The van der Waals surface area contributed by atoms with Crippen LogP contribution in [0.2, 0.25) is 0 Å². The van der Waals surface area contributed by atoms with Crippen molar-refractivity contribution in [2.24, 2.45) is 5.41 Å². The SMILES string of the molecule is C[C@H]1CN2c3c(nnc(-c4ccccc4O)c3C(C)(C)C)NC(C(C)(C)C)[C@H]2CN1. The van der Waals surface area contributed by atoms with Crippen molar-refractivity contribution in [1.82, 2.24) is 15.5 Å². The summed E-state index contributed by atoms with van der Waals surface area (Å²) in [6.45, 7) is 17.5. The Bertz CT molecular complexity index is 944. The summed E-state index contributed by atoms with van der Waals surface area (Å²) in [4.78, 5) is 2.54. The summed E-state index contributed by atoms with van der Waals surface area (Å²) >= 11 is 0. The highest BCUT2D eigenvalue weighted by Gasteiger charge is 2.45. The molecule has 0 bridgehead atoms. The molecule has 1 unspecified atom stereocenters. The predicted molar refractivity (Wildman–Crippen MR) is 123 cm³/mol. The summed E-state index contributed by atoms with van der Waals surface area (Å²) in [7, 11) is 0. The molecule has 30 heavy (non-hydrogen) atoms. The van der Waals surface area contributed by atoms with Gasteiger partial charge in [-0.05, 0) is 29.9 Å². The van der Waals surface area contributed by atoms with E-state index >= 15 is 0 Å². The molecule has 2 aliphatic heterocycles. The standard InChI is InChI=1S/C24H35N5O/c1-14-13-29-16(12-25-14)21(24(5,6)7)26-22-20(29)18(23(2,3)4)19(27-28-22)15-10-8-9-11-17(15)30/h8-11,14,16,21,25,30H,12-13H2,1-7H3,(H,26,28)/t14-,16+,21?/m0/s1. The number of aromatic hydroxyl groups is 1. The molecule has 1 aromatic carbocycles. The third-order valence-corrected chi connectivity index (χ3v) is 6.30. The van der Waals surface area contributed by atoms with Crippen molar-refractivity contribution in [3.63, 3.8) is 0 Å². The molecule has 3 N–H and O–H groups in total. The van der Waals surface area contributed by atoms with Crippen LogP contribution >= 0.6 is 0 Å². The van der Waals surface area contributed by atoms with E-state index in [0.29, 0.717) is 12.1 Å². The molecule has 2 aromatic rings. The highest BCUT2D eigenvalue weighted by molar-refractivity contribution is 5.83. The van der Waals surface area contributed by atoms with E-state index in [-0.39, 0.29) is 22.6 Å². The van der Waals surface area contributed by atoms with E-state index in [1.54, 1.807) is 6.07 Å². The quantitative estimate of drug-likeness (QED) is 0.657. The largest absolute Gasteiger partial charge is 0.507 e. The van der Waals surface area contributed by atoms with E-state index in [4.69, 9.17) is 0 Å². The molecule has 6 heteroatoms. The number of hydrogen-bond acceptors (Lipinski definition) is 6. The molecule has 1 saturated heterocycles. The van der Waals surface area contributed by atoms with E-state index in [2.05, 4.69) is 74.2 Å². The van der Waals surface area contributed by atoms with Crippen molar-refractivity contribution in [3.05, 3.63) is 29.8 Å². The van der Waals surface area contributed by atoms with Gasteiger partial charge in [-0.3, -0.25) is 0 Å². The van der Waals surface area contributed by atoms with Crippen LogP contribution in [0.15, 0.2) is 24.3 Å². The molecular formula is C24H35N5O. The smallest absolute Gasteiger partial charge is 0.172 e. The van der Waals surface area contributed by atoms with Crippen LogP contribution in [-0.2, 0) is 5.41 Å². The number of nitrogens with zero attached hydrogens (tertiary/aromatic N) is 3. The van der Waals surface area contributed by atoms with Crippen LogP contribution in [0.5, 0.6) is 5.75 Å². The van der Waals surface area contributed by atoms with Gasteiger partial charge in [-0.2, -0.15) is 0 Å². The van der Waals surface area contributed by atoms with Crippen molar-refractivity contribution < 1.29 is 5.11 Å². The molecule has 0 saturated carbocycles. The Balaban J connectivity index is 1.98. The summed E-state index contributed by atoms with van der Waals surface area (Å²) in [5.41, 5.74) is 3.66. The Morgan fingerprint density at radius 1 is 1.07 bits per heavy atom. The van der Waals surface area contributed by atoms with Gasteiger partial charge in [-0.1, -0.05) is 53.7 Å². The zero-order chi connectivity index (χ0) is 21.8. The average molecular weight is 410 g/mol. The first-order valence-electron chi connectivity index (χ1n) is 10.9. The molecule has 3 heterocycles. The Labute approximate surface area is 180 Å². The van der Waals surface area contributed by atoms with Crippen LogP contribution < -0.4 is 15.5 Å². The number of phenols is 1. The van der Waals surface area contributed by atoms with Gasteiger partial charge in [0.15, 0.2) is 5.82 Å². The van der Waals surface area contributed by atoms with Crippen LogP contribution in [0.3, 0.4) is 0 Å². The first kappa shape index (κ1) is 20.9. The molecular weight excluding hydrogens is 374 g/mol. The molecule has 1 fully saturated rings. The number of aromatic nitrogens is 2. The second-order valence-corrected chi connectivity index (χ2v) is 10.9.